The molecule has 1 unspecified atom stereocenters. The molecule has 0 bridgehead atoms. The normalized spacial score (nSPS) is 12.7. The number of hydrogen-bond donors (Lipinski definition) is 1. The SMILES string of the molecule is COCC(CCl)NCCc1ccccc1. The average molecular weight is 228 g/mol. The minimum Gasteiger partial charge on any atom is -0.383 e. The van der Waals surface area contributed by atoms with Crippen LogP contribution in [0.3, 0.4) is 0 Å². The lowest BCUT2D eigenvalue weighted by molar-refractivity contribution is 0.173. The van der Waals surface area contributed by atoms with Crippen LogP contribution in [0.5, 0.6) is 0 Å². The van der Waals surface area contributed by atoms with E-state index in [1.165, 1.54) is 5.56 Å². The predicted octanol–water partition coefficient (Wildman–Crippen LogP) is 2.07. The van der Waals surface area contributed by atoms with Crippen molar-refractivity contribution in [3.8, 4) is 0 Å². The number of nitrogens with one attached hydrogen (secondary N) is 1. The van der Waals surface area contributed by atoms with Crippen LogP contribution >= 0.6 is 11.6 Å². The second kappa shape index (κ2) is 7.69. The molecule has 0 saturated carbocycles. The monoisotopic (exact) mass is 227 g/mol. The molecule has 15 heavy (non-hydrogen) atoms. The van der Waals surface area contributed by atoms with E-state index in [0.29, 0.717) is 12.5 Å². The highest BCUT2D eigenvalue weighted by Gasteiger charge is 2.04. The van der Waals surface area contributed by atoms with Crippen LogP contribution in [0.15, 0.2) is 30.3 Å². The molecule has 1 aromatic rings. The van der Waals surface area contributed by atoms with Gasteiger partial charge in [0, 0.05) is 19.0 Å². The summed E-state index contributed by atoms with van der Waals surface area (Å²) in [5, 5.41) is 3.36. The van der Waals surface area contributed by atoms with Gasteiger partial charge in [-0.25, -0.2) is 0 Å². The molecular formula is C12H18ClNO. The number of benzene rings is 1. The average Bonchev–Trinajstić information content (AvgIpc) is 2.29. The van der Waals surface area contributed by atoms with Crippen molar-refractivity contribution < 1.29 is 4.74 Å². The highest BCUT2D eigenvalue weighted by Crippen LogP contribution is 1.99. The number of hydrogen-bond acceptors (Lipinski definition) is 2. The van der Waals surface area contributed by atoms with Crippen LogP contribution in [0.1, 0.15) is 5.56 Å². The summed E-state index contributed by atoms with van der Waals surface area (Å²) < 4.78 is 5.05. The topological polar surface area (TPSA) is 21.3 Å². The van der Waals surface area contributed by atoms with Gasteiger partial charge in [-0.05, 0) is 18.5 Å². The first-order valence-corrected chi connectivity index (χ1v) is 5.72. The molecule has 0 aliphatic rings. The quantitative estimate of drug-likeness (QED) is 0.721. The van der Waals surface area contributed by atoms with E-state index in [0.717, 1.165) is 13.0 Å². The summed E-state index contributed by atoms with van der Waals surface area (Å²) in [6, 6.07) is 10.7. The Bertz CT molecular complexity index is 253. The van der Waals surface area contributed by atoms with E-state index in [1.54, 1.807) is 7.11 Å². The maximum absolute atomic E-state index is 5.79. The van der Waals surface area contributed by atoms with Gasteiger partial charge in [-0.15, -0.1) is 11.6 Å². The van der Waals surface area contributed by atoms with Crippen molar-refractivity contribution in [1.29, 1.82) is 0 Å². The zero-order valence-corrected chi connectivity index (χ0v) is 9.83. The highest BCUT2D eigenvalue weighted by atomic mass is 35.5. The van der Waals surface area contributed by atoms with Crippen LogP contribution in [0.25, 0.3) is 0 Å². The van der Waals surface area contributed by atoms with Gasteiger partial charge < -0.3 is 10.1 Å². The summed E-state index contributed by atoms with van der Waals surface area (Å²) in [7, 11) is 1.69. The zero-order valence-electron chi connectivity index (χ0n) is 9.08. The van der Waals surface area contributed by atoms with E-state index in [-0.39, 0.29) is 6.04 Å². The lowest BCUT2D eigenvalue weighted by Crippen LogP contribution is -2.36. The number of halogens is 1. The van der Waals surface area contributed by atoms with E-state index in [1.807, 2.05) is 6.07 Å². The van der Waals surface area contributed by atoms with E-state index in [4.69, 9.17) is 16.3 Å². The summed E-state index contributed by atoms with van der Waals surface area (Å²) in [4.78, 5) is 0. The molecule has 0 saturated heterocycles. The van der Waals surface area contributed by atoms with Gasteiger partial charge in [0.1, 0.15) is 0 Å². The van der Waals surface area contributed by atoms with Gasteiger partial charge in [-0.1, -0.05) is 30.3 Å². The highest BCUT2D eigenvalue weighted by molar-refractivity contribution is 6.18. The van der Waals surface area contributed by atoms with Gasteiger partial charge in [0.05, 0.1) is 6.61 Å². The van der Waals surface area contributed by atoms with Crippen molar-refractivity contribution in [2.45, 2.75) is 12.5 Å². The van der Waals surface area contributed by atoms with Gasteiger partial charge in [-0.2, -0.15) is 0 Å². The molecule has 2 nitrogen and oxygen atoms in total. The minimum absolute atomic E-state index is 0.250. The molecule has 0 radical (unpaired) electrons. The lowest BCUT2D eigenvalue weighted by atomic mass is 10.1. The Kier molecular flexibility index (Phi) is 6.41. The van der Waals surface area contributed by atoms with Crippen molar-refractivity contribution in [2.24, 2.45) is 0 Å². The molecular weight excluding hydrogens is 210 g/mol. The van der Waals surface area contributed by atoms with Crippen LogP contribution < -0.4 is 5.32 Å². The van der Waals surface area contributed by atoms with Gasteiger partial charge >= 0.3 is 0 Å². The first kappa shape index (κ1) is 12.5. The third-order valence-electron chi connectivity index (χ3n) is 2.24. The molecule has 0 amide bonds. The van der Waals surface area contributed by atoms with Gasteiger partial charge in [0.15, 0.2) is 0 Å². The standard InChI is InChI=1S/C12H18ClNO/c1-15-10-12(9-13)14-8-7-11-5-3-2-4-6-11/h2-6,12,14H,7-10H2,1H3. The van der Waals surface area contributed by atoms with E-state index in [2.05, 4.69) is 29.6 Å². The molecule has 3 heteroatoms. The fourth-order valence-electron chi connectivity index (χ4n) is 1.42. The van der Waals surface area contributed by atoms with Crippen molar-refractivity contribution in [1.82, 2.24) is 5.32 Å². The summed E-state index contributed by atoms with van der Waals surface area (Å²) in [6.45, 7) is 1.60. The Labute approximate surface area is 96.6 Å². The van der Waals surface area contributed by atoms with Gasteiger partial charge in [0.25, 0.3) is 0 Å². The Morgan fingerprint density at radius 1 is 1.33 bits per heavy atom. The van der Waals surface area contributed by atoms with Crippen LogP contribution in [0.4, 0.5) is 0 Å². The molecule has 0 aliphatic carbocycles. The van der Waals surface area contributed by atoms with Crippen molar-refractivity contribution in [3.63, 3.8) is 0 Å². The van der Waals surface area contributed by atoms with E-state index < -0.39 is 0 Å². The van der Waals surface area contributed by atoms with Crippen LogP contribution in [-0.4, -0.2) is 32.2 Å². The first-order chi connectivity index (χ1) is 7.36. The van der Waals surface area contributed by atoms with Crippen LogP contribution in [-0.2, 0) is 11.2 Å². The fourth-order valence-corrected chi connectivity index (χ4v) is 1.62. The van der Waals surface area contributed by atoms with Crippen LogP contribution in [0, 0.1) is 0 Å². The maximum atomic E-state index is 5.79. The molecule has 1 N–H and O–H groups in total. The second-order valence-electron chi connectivity index (χ2n) is 3.50. The number of methoxy groups -OCH3 is 1. The first-order valence-electron chi connectivity index (χ1n) is 5.19. The molecule has 1 rings (SSSR count). The number of ether oxygens (including phenoxy) is 1. The van der Waals surface area contributed by atoms with Crippen LogP contribution in [0.2, 0.25) is 0 Å². The van der Waals surface area contributed by atoms with Gasteiger partial charge in [-0.3, -0.25) is 0 Å². The third-order valence-corrected chi connectivity index (χ3v) is 2.62. The number of rotatable bonds is 7. The van der Waals surface area contributed by atoms with Gasteiger partial charge in [0.2, 0.25) is 0 Å². The van der Waals surface area contributed by atoms with E-state index >= 15 is 0 Å². The fraction of sp³-hybridized carbons (Fsp3) is 0.500. The summed E-state index contributed by atoms with van der Waals surface area (Å²) in [6.07, 6.45) is 1.03. The Hall–Kier alpha value is -0.570. The molecule has 1 atom stereocenters. The minimum atomic E-state index is 0.250. The predicted molar refractivity (Wildman–Crippen MR) is 64.5 cm³/mol. The lowest BCUT2D eigenvalue weighted by Gasteiger charge is -2.14. The molecule has 0 spiro atoms. The summed E-state index contributed by atoms with van der Waals surface area (Å²) in [5.74, 6) is 0.586. The zero-order chi connectivity index (χ0) is 10.9. The molecule has 0 aliphatic heterocycles. The number of alkyl halides is 1. The summed E-state index contributed by atoms with van der Waals surface area (Å²) >= 11 is 5.79. The molecule has 0 heterocycles. The molecule has 0 fully saturated rings. The smallest absolute Gasteiger partial charge is 0.0627 e. The molecule has 1 aromatic carbocycles. The van der Waals surface area contributed by atoms with Crippen molar-refractivity contribution in [2.75, 3.05) is 26.1 Å². The van der Waals surface area contributed by atoms with E-state index in [9.17, 15) is 0 Å². The Morgan fingerprint density at radius 2 is 2.07 bits per heavy atom. The summed E-state index contributed by atoms with van der Waals surface area (Å²) in [5.41, 5.74) is 1.34. The Morgan fingerprint density at radius 3 is 2.67 bits per heavy atom. The third kappa shape index (κ3) is 5.17. The second-order valence-corrected chi connectivity index (χ2v) is 3.80. The van der Waals surface area contributed by atoms with Crippen molar-refractivity contribution in [3.05, 3.63) is 35.9 Å². The maximum Gasteiger partial charge on any atom is 0.0627 e. The largest absolute Gasteiger partial charge is 0.383 e. The molecule has 0 aromatic heterocycles. The van der Waals surface area contributed by atoms with Crippen molar-refractivity contribution >= 4 is 11.6 Å². The Balaban J connectivity index is 2.20. The molecule has 84 valence electrons.